The van der Waals surface area contributed by atoms with Crippen molar-refractivity contribution in [3.05, 3.63) is 51.1 Å². The van der Waals surface area contributed by atoms with Gasteiger partial charge in [-0.3, -0.25) is 10.1 Å². The zero-order chi connectivity index (χ0) is 13.5. The monoisotopic (exact) mass is 269 g/mol. The maximum absolute atomic E-state index is 10.6. The maximum atomic E-state index is 10.6. The summed E-state index contributed by atoms with van der Waals surface area (Å²) in [5.41, 5.74) is 1.46. The third-order valence-corrected chi connectivity index (χ3v) is 2.76. The Hall–Kier alpha value is -1.62. The summed E-state index contributed by atoms with van der Waals surface area (Å²) in [5.74, 6) is -0.119. The van der Waals surface area contributed by atoms with Gasteiger partial charge in [-0.15, -0.1) is 0 Å². The fourth-order valence-corrected chi connectivity index (χ4v) is 1.63. The molecule has 1 rings (SSSR count). The van der Waals surface area contributed by atoms with E-state index in [4.69, 9.17) is 11.6 Å². The first-order valence-electron chi connectivity index (χ1n) is 5.75. The van der Waals surface area contributed by atoms with Crippen molar-refractivity contribution in [2.75, 3.05) is 6.54 Å². The first-order chi connectivity index (χ1) is 8.54. The SMILES string of the molecule is CCCN/C(=C\[N+](=O)[O-])C(C)c1ccc(Cl)nc1. The molecule has 0 aromatic carbocycles. The molecule has 0 spiro atoms. The number of rotatable bonds is 6. The van der Waals surface area contributed by atoms with Gasteiger partial charge in [0.1, 0.15) is 5.15 Å². The minimum Gasteiger partial charge on any atom is -0.383 e. The molecule has 0 amide bonds. The van der Waals surface area contributed by atoms with Crippen molar-refractivity contribution >= 4 is 11.6 Å². The number of nitrogens with one attached hydrogen (secondary N) is 1. The first kappa shape index (κ1) is 14.4. The van der Waals surface area contributed by atoms with Crippen molar-refractivity contribution in [2.45, 2.75) is 26.2 Å². The van der Waals surface area contributed by atoms with Crippen molar-refractivity contribution in [3.8, 4) is 0 Å². The van der Waals surface area contributed by atoms with Gasteiger partial charge in [0, 0.05) is 18.7 Å². The van der Waals surface area contributed by atoms with Crippen LogP contribution in [0.15, 0.2) is 30.2 Å². The van der Waals surface area contributed by atoms with Crippen LogP contribution in [0.25, 0.3) is 0 Å². The molecule has 1 unspecified atom stereocenters. The van der Waals surface area contributed by atoms with E-state index in [-0.39, 0.29) is 5.92 Å². The molecular weight excluding hydrogens is 254 g/mol. The van der Waals surface area contributed by atoms with Crippen molar-refractivity contribution < 1.29 is 4.92 Å². The summed E-state index contributed by atoms with van der Waals surface area (Å²) in [6.45, 7) is 4.60. The number of pyridine rings is 1. The number of halogens is 1. The summed E-state index contributed by atoms with van der Waals surface area (Å²) in [5, 5.41) is 14.1. The molecule has 0 aliphatic rings. The Kier molecular flexibility index (Phi) is 5.58. The van der Waals surface area contributed by atoms with E-state index < -0.39 is 4.92 Å². The van der Waals surface area contributed by atoms with Gasteiger partial charge in [-0.25, -0.2) is 4.98 Å². The van der Waals surface area contributed by atoms with Crippen LogP contribution in [0.3, 0.4) is 0 Å². The predicted octanol–water partition coefficient (Wildman–Crippen LogP) is 2.96. The highest BCUT2D eigenvalue weighted by molar-refractivity contribution is 6.29. The third-order valence-electron chi connectivity index (χ3n) is 2.54. The lowest BCUT2D eigenvalue weighted by atomic mass is 10.00. The van der Waals surface area contributed by atoms with Gasteiger partial charge in [-0.05, 0) is 18.1 Å². The highest BCUT2D eigenvalue weighted by atomic mass is 35.5. The second-order valence-corrected chi connectivity index (χ2v) is 4.32. The highest BCUT2D eigenvalue weighted by Crippen LogP contribution is 2.22. The smallest absolute Gasteiger partial charge is 0.253 e. The van der Waals surface area contributed by atoms with Crippen LogP contribution in [0.4, 0.5) is 0 Å². The molecule has 0 aliphatic carbocycles. The molecule has 0 saturated heterocycles. The number of aromatic nitrogens is 1. The number of allylic oxidation sites excluding steroid dienone is 1. The maximum Gasteiger partial charge on any atom is 0.253 e. The quantitative estimate of drug-likeness (QED) is 0.490. The van der Waals surface area contributed by atoms with E-state index in [0.29, 0.717) is 17.4 Å². The Balaban J connectivity index is 2.90. The van der Waals surface area contributed by atoms with E-state index in [2.05, 4.69) is 10.3 Å². The van der Waals surface area contributed by atoms with Gasteiger partial charge in [0.05, 0.1) is 10.6 Å². The van der Waals surface area contributed by atoms with Crippen LogP contribution >= 0.6 is 11.6 Å². The van der Waals surface area contributed by atoms with E-state index >= 15 is 0 Å². The lowest BCUT2D eigenvalue weighted by Crippen LogP contribution is -2.20. The van der Waals surface area contributed by atoms with Crippen molar-refractivity contribution in [1.82, 2.24) is 10.3 Å². The van der Waals surface area contributed by atoms with Gasteiger partial charge >= 0.3 is 0 Å². The number of nitrogens with zero attached hydrogens (tertiary/aromatic N) is 2. The fourth-order valence-electron chi connectivity index (χ4n) is 1.52. The summed E-state index contributed by atoms with van der Waals surface area (Å²) in [6, 6.07) is 3.50. The van der Waals surface area contributed by atoms with Crippen LogP contribution < -0.4 is 5.32 Å². The predicted molar refractivity (Wildman–Crippen MR) is 71.0 cm³/mol. The molecule has 6 heteroatoms. The second-order valence-electron chi connectivity index (χ2n) is 3.93. The molecule has 0 bridgehead atoms. The van der Waals surface area contributed by atoms with Gasteiger partial charge in [-0.1, -0.05) is 31.5 Å². The first-order valence-corrected chi connectivity index (χ1v) is 6.13. The van der Waals surface area contributed by atoms with E-state index in [1.807, 2.05) is 19.9 Å². The minimum absolute atomic E-state index is 0.119. The van der Waals surface area contributed by atoms with E-state index in [9.17, 15) is 10.1 Å². The third kappa shape index (κ3) is 4.33. The molecule has 0 aliphatic heterocycles. The lowest BCUT2D eigenvalue weighted by Gasteiger charge is -2.15. The number of nitro groups is 1. The molecule has 1 N–H and O–H groups in total. The fraction of sp³-hybridized carbons (Fsp3) is 0.417. The van der Waals surface area contributed by atoms with Crippen LogP contribution in [0.2, 0.25) is 5.15 Å². The molecule has 98 valence electrons. The molecule has 0 radical (unpaired) electrons. The van der Waals surface area contributed by atoms with Crippen molar-refractivity contribution in [2.24, 2.45) is 0 Å². The standard InChI is InChI=1S/C12H16ClN3O2/c1-3-6-14-11(8-16(17)18)9(2)10-4-5-12(13)15-7-10/h4-5,7-9,14H,3,6H2,1-2H3/b11-8-. The second kappa shape index (κ2) is 6.96. The zero-order valence-electron chi connectivity index (χ0n) is 10.4. The molecule has 1 atom stereocenters. The summed E-state index contributed by atoms with van der Waals surface area (Å²) < 4.78 is 0. The Morgan fingerprint density at radius 1 is 1.67 bits per heavy atom. The Morgan fingerprint density at radius 3 is 2.89 bits per heavy atom. The summed E-state index contributed by atoms with van der Waals surface area (Å²) in [4.78, 5) is 14.2. The van der Waals surface area contributed by atoms with Gasteiger partial charge in [0.25, 0.3) is 6.20 Å². The van der Waals surface area contributed by atoms with Crippen LogP contribution in [0, 0.1) is 10.1 Å². The van der Waals surface area contributed by atoms with Crippen LogP contribution in [0.5, 0.6) is 0 Å². The summed E-state index contributed by atoms with van der Waals surface area (Å²) in [7, 11) is 0. The van der Waals surface area contributed by atoms with Crippen molar-refractivity contribution in [1.29, 1.82) is 0 Å². The van der Waals surface area contributed by atoms with Gasteiger partial charge in [0.2, 0.25) is 0 Å². The Morgan fingerprint density at radius 2 is 2.39 bits per heavy atom. The van der Waals surface area contributed by atoms with Crippen molar-refractivity contribution in [3.63, 3.8) is 0 Å². The number of hydrogen-bond donors (Lipinski definition) is 1. The van der Waals surface area contributed by atoms with Gasteiger partial charge < -0.3 is 5.32 Å². The molecule has 1 heterocycles. The van der Waals surface area contributed by atoms with Gasteiger partial charge in [0.15, 0.2) is 0 Å². The molecule has 18 heavy (non-hydrogen) atoms. The molecule has 1 aromatic rings. The molecule has 1 aromatic heterocycles. The largest absolute Gasteiger partial charge is 0.383 e. The average Bonchev–Trinajstić information content (AvgIpc) is 2.34. The van der Waals surface area contributed by atoms with E-state index in [0.717, 1.165) is 18.2 Å². The molecular formula is C12H16ClN3O2. The van der Waals surface area contributed by atoms with Crippen LogP contribution in [-0.4, -0.2) is 16.5 Å². The molecule has 0 saturated carbocycles. The topological polar surface area (TPSA) is 68.1 Å². The Labute approximate surface area is 111 Å². The normalized spacial score (nSPS) is 13.2. The lowest BCUT2D eigenvalue weighted by molar-refractivity contribution is -0.404. The average molecular weight is 270 g/mol. The van der Waals surface area contributed by atoms with Crippen LogP contribution in [0.1, 0.15) is 31.7 Å². The highest BCUT2D eigenvalue weighted by Gasteiger charge is 2.14. The Bertz CT molecular complexity index is 431. The minimum atomic E-state index is -0.447. The number of hydrogen-bond acceptors (Lipinski definition) is 4. The molecule has 5 nitrogen and oxygen atoms in total. The van der Waals surface area contributed by atoms with E-state index in [1.54, 1.807) is 12.3 Å². The van der Waals surface area contributed by atoms with Gasteiger partial charge in [-0.2, -0.15) is 0 Å². The van der Waals surface area contributed by atoms with Crippen LogP contribution in [-0.2, 0) is 0 Å². The molecule has 0 fully saturated rings. The summed E-state index contributed by atoms with van der Waals surface area (Å²) in [6.07, 6.45) is 3.55. The van der Waals surface area contributed by atoms with E-state index in [1.165, 1.54) is 0 Å². The summed E-state index contributed by atoms with van der Waals surface area (Å²) >= 11 is 5.71. The zero-order valence-corrected chi connectivity index (χ0v) is 11.1.